The van der Waals surface area contributed by atoms with Gasteiger partial charge in [-0.1, -0.05) is 0 Å². The fraction of sp³-hybridized carbons (Fsp3) is 0.467. The third-order valence-corrected chi connectivity index (χ3v) is 5.23. The summed E-state index contributed by atoms with van der Waals surface area (Å²) in [4.78, 5) is 27.5. The van der Waals surface area contributed by atoms with Crippen molar-refractivity contribution in [2.45, 2.75) is 38.3 Å². The Bertz CT molecular complexity index is 577. The minimum atomic E-state index is -0.770. The van der Waals surface area contributed by atoms with E-state index in [2.05, 4.69) is 0 Å². The number of nitrogens with zero attached hydrogens (tertiary/aromatic N) is 1. The van der Waals surface area contributed by atoms with Crippen LogP contribution < -0.4 is 0 Å². The lowest BCUT2D eigenvalue weighted by Gasteiger charge is -2.21. The number of thiophene rings is 1. The summed E-state index contributed by atoms with van der Waals surface area (Å²) in [6, 6.07) is 4.01. The standard InChI is InChI=1S/C15H17NO3S/c1-9-2-4-11(20-9)5-7-14(17)16-10-3-6-13(16)12(8-10)15(18)19/h2,4-5,7,10,12-13H,3,6,8H2,1H3,(H,18,19). The number of hydrogen-bond donors (Lipinski definition) is 1. The first-order valence-electron chi connectivity index (χ1n) is 6.86. The predicted molar refractivity (Wildman–Crippen MR) is 77.5 cm³/mol. The lowest BCUT2D eigenvalue weighted by Crippen LogP contribution is -2.36. The van der Waals surface area contributed by atoms with E-state index in [1.165, 1.54) is 4.88 Å². The van der Waals surface area contributed by atoms with E-state index in [9.17, 15) is 14.7 Å². The molecule has 0 aromatic carbocycles. The van der Waals surface area contributed by atoms with Crippen LogP contribution in [0.5, 0.6) is 0 Å². The van der Waals surface area contributed by atoms with Gasteiger partial charge >= 0.3 is 5.97 Å². The molecule has 3 heterocycles. The monoisotopic (exact) mass is 291 g/mol. The van der Waals surface area contributed by atoms with Crippen LogP contribution in [0.3, 0.4) is 0 Å². The molecule has 2 aliphatic rings. The molecule has 2 fully saturated rings. The summed E-state index contributed by atoms with van der Waals surface area (Å²) in [5, 5.41) is 9.19. The normalized spacial score (nSPS) is 28.4. The first-order valence-corrected chi connectivity index (χ1v) is 7.67. The van der Waals surface area contributed by atoms with E-state index in [-0.39, 0.29) is 23.9 Å². The molecule has 4 nitrogen and oxygen atoms in total. The molecule has 2 saturated heterocycles. The maximum absolute atomic E-state index is 12.3. The van der Waals surface area contributed by atoms with E-state index in [1.807, 2.05) is 25.1 Å². The van der Waals surface area contributed by atoms with E-state index in [1.54, 1.807) is 22.3 Å². The minimum Gasteiger partial charge on any atom is -0.481 e. The molecule has 0 spiro atoms. The minimum absolute atomic E-state index is 0.0488. The lowest BCUT2D eigenvalue weighted by molar-refractivity contribution is -0.143. The Kier molecular flexibility index (Phi) is 3.38. The van der Waals surface area contributed by atoms with Crippen LogP contribution in [0, 0.1) is 12.8 Å². The molecule has 0 aliphatic carbocycles. The number of carboxylic acids is 1. The van der Waals surface area contributed by atoms with Crippen LogP contribution in [-0.2, 0) is 9.59 Å². The van der Waals surface area contributed by atoms with E-state index in [0.717, 1.165) is 17.7 Å². The Balaban J connectivity index is 1.72. The number of carbonyl (C=O) groups excluding carboxylic acids is 1. The molecule has 1 amide bonds. The molecule has 1 aromatic heterocycles. The third kappa shape index (κ3) is 2.26. The van der Waals surface area contributed by atoms with Crippen molar-refractivity contribution >= 4 is 29.3 Å². The SMILES string of the molecule is Cc1ccc(C=CC(=O)N2C3CCC2C(C(=O)O)C3)s1. The highest BCUT2D eigenvalue weighted by Gasteiger charge is 2.50. The molecule has 3 atom stereocenters. The second-order valence-electron chi connectivity index (χ2n) is 5.51. The summed E-state index contributed by atoms with van der Waals surface area (Å²) in [5.41, 5.74) is 0. The topological polar surface area (TPSA) is 57.6 Å². The molecule has 106 valence electrons. The van der Waals surface area contributed by atoms with Crippen LogP contribution in [0.25, 0.3) is 6.08 Å². The second-order valence-corrected chi connectivity index (χ2v) is 6.83. The highest BCUT2D eigenvalue weighted by molar-refractivity contribution is 7.12. The van der Waals surface area contributed by atoms with Crippen LogP contribution in [0.4, 0.5) is 0 Å². The summed E-state index contributed by atoms with van der Waals surface area (Å²) >= 11 is 1.64. The average Bonchev–Trinajstić information content (AvgIpc) is 3.09. The summed E-state index contributed by atoms with van der Waals surface area (Å²) in [6.07, 6.45) is 5.78. The van der Waals surface area contributed by atoms with Gasteiger partial charge in [0.15, 0.2) is 0 Å². The van der Waals surface area contributed by atoms with Crippen molar-refractivity contribution in [2.24, 2.45) is 5.92 Å². The number of amides is 1. The zero-order valence-corrected chi connectivity index (χ0v) is 12.1. The molecule has 2 aliphatic heterocycles. The highest BCUT2D eigenvalue weighted by atomic mass is 32.1. The summed E-state index contributed by atoms with van der Waals surface area (Å²) in [5.74, 6) is -1.20. The maximum atomic E-state index is 12.3. The van der Waals surface area contributed by atoms with Crippen LogP contribution in [0.1, 0.15) is 29.0 Å². The van der Waals surface area contributed by atoms with Crippen molar-refractivity contribution in [3.05, 3.63) is 28.0 Å². The predicted octanol–water partition coefficient (Wildman–Crippen LogP) is 2.53. The van der Waals surface area contributed by atoms with Crippen LogP contribution in [0.15, 0.2) is 18.2 Å². The highest BCUT2D eigenvalue weighted by Crippen LogP contribution is 2.41. The quantitative estimate of drug-likeness (QED) is 0.871. The van der Waals surface area contributed by atoms with E-state index in [0.29, 0.717) is 6.42 Å². The van der Waals surface area contributed by atoms with Gasteiger partial charge in [-0.3, -0.25) is 9.59 Å². The summed E-state index contributed by atoms with van der Waals surface area (Å²) in [7, 11) is 0. The van der Waals surface area contributed by atoms with Crippen LogP contribution in [0.2, 0.25) is 0 Å². The molecular formula is C15H17NO3S. The molecule has 3 unspecified atom stereocenters. The van der Waals surface area contributed by atoms with Crippen molar-refractivity contribution in [1.82, 2.24) is 4.90 Å². The number of carbonyl (C=O) groups is 2. The van der Waals surface area contributed by atoms with E-state index < -0.39 is 5.97 Å². The van der Waals surface area contributed by atoms with Crippen molar-refractivity contribution < 1.29 is 14.7 Å². The Labute approximate surface area is 121 Å². The van der Waals surface area contributed by atoms with Gasteiger partial charge in [-0.05, 0) is 44.4 Å². The van der Waals surface area contributed by atoms with Gasteiger partial charge in [0.1, 0.15) is 0 Å². The van der Waals surface area contributed by atoms with E-state index >= 15 is 0 Å². The number of aliphatic carboxylic acids is 1. The van der Waals surface area contributed by atoms with Crippen LogP contribution in [-0.4, -0.2) is 34.0 Å². The van der Waals surface area contributed by atoms with Gasteiger partial charge in [-0.2, -0.15) is 0 Å². The number of carboxylic acid groups (broad SMARTS) is 1. The maximum Gasteiger partial charge on any atom is 0.308 e. The fourth-order valence-electron chi connectivity index (χ4n) is 3.38. The first-order chi connectivity index (χ1) is 9.56. The Morgan fingerprint density at radius 1 is 1.40 bits per heavy atom. The van der Waals surface area contributed by atoms with Crippen molar-refractivity contribution in [3.8, 4) is 0 Å². The number of fused-ring (bicyclic) bond motifs is 2. The first kappa shape index (κ1) is 13.4. The molecule has 1 aromatic rings. The van der Waals surface area contributed by atoms with Gasteiger partial charge in [0.2, 0.25) is 5.91 Å². The molecular weight excluding hydrogens is 274 g/mol. The Hall–Kier alpha value is -1.62. The van der Waals surface area contributed by atoms with E-state index in [4.69, 9.17) is 0 Å². The zero-order chi connectivity index (χ0) is 14.3. The molecule has 2 bridgehead atoms. The third-order valence-electron chi connectivity index (χ3n) is 4.26. The summed E-state index contributed by atoms with van der Waals surface area (Å²) < 4.78 is 0. The second kappa shape index (κ2) is 5.05. The number of rotatable bonds is 3. The van der Waals surface area contributed by atoms with Gasteiger partial charge in [-0.15, -0.1) is 11.3 Å². The van der Waals surface area contributed by atoms with Crippen LogP contribution >= 0.6 is 11.3 Å². The molecule has 5 heteroatoms. The smallest absolute Gasteiger partial charge is 0.308 e. The fourth-order valence-corrected chi connectivity index (χ4v) is 4.16. The summed E-state index contributed by atoms with van der Waals surface area (Å²) in [6.45, 7) is 2.03. The zero-order valence-electron chi connectivity index (χ0n) is 11.3. The van der Waals surface area contributed by atoms with Gasteiger partial charge in [0, 0.05) is 27.9 Å². The molecule has 3 rings (SSSR count). The lowest BCUT2D eigenvalue weighted by atomic mass is 9.89. The molecule has 1 N–H and O–H groups in total. The Morgan fingerprint density at radius 3 is 2.80 bits per heavy atom. The molecule has 0 saturated carbocycles. The van der Waals surface area contributed by atoms with Crippen molar-refractivity contribution in [3.63, 3.8) is 0 Å². The van der Waals surface area contributed by atoms with Crippen molar-refractivity contribution in [2.75, 3.05) is 0 Å². The number of aryl methyl sites for hydroxylation is 1. The van der Waals surface area contributed by atoms with Crippen molar-refractivity contribution in [1.29, 1.82) is 0 Å². The molecule has 20 heavy (non-hydrogen) atoms. The largest absolute Gasteiger partial charge is 0.481 e. The van der Waals surface area contributed by atoms with Gasteiger partial charge < -0.3 is 10.0 Å². The molecule has 0 radical (unpaired) electrons. The van der Waals surface area contributed by atoms with Gasteiger partial charge in [0.05, 0.1) is 5.92 Å². The van der Waals surface area contributed by atoms with Gasteiger partial charge in [-0.25, -0.2) is 0 Å². The van der Waals surface area contributed by atoms with Gasteiger partial charge in [0.25, 0.3) is 0 Å². The Morgan fingerprint density at radius 2 is 2.20 bits per heavy atom. The number of hydrogen-bond acceptors (Lipinski definition) is 3. The average molecular weight is 291 g/mol.